The summed E-state index contributed by atoms with van der Waals surface area (Å²) in [5.74, 6) is 0.415. The molecular formula is C38H76O2S. The monoisotopic (exact) mass is 597 g/mol. The number of hydrogen-bond donors (Lipinski definition) is 2. The number of carboxylic acid groups (broad SMARTS) is 1. The zero-order valence-corrected chi connectivity index (χ0v) is 28.9. The van der Waals surface area contributed by atoms with Crippen LogP contribution in [0.2, 0.25) is 0 Å². The molecule has 0 spiro atoms. The van der Waals surface area contributed by atoms with Crippen LogP contribution in [-0.4, -0.2) is 16.8 Å². The molecule has 0 aromatic carbocycles. The maximum absolute atomic E-state index is 10.5. The first-order valence-electron chi connectivity index (χ1n) is 19.1. The lowest BCUT2D eigenvalue weighted by Crippen LogP contribution is -1.93. The summed E-state index contributed by atoms with van der Waals surface area (Å²) in [5, 5.41) is 8.64. The van der Waals surface area contributed by atoms with E-state index in [0.717, 1.165) is 18.6 Å². The third kappa shape index (κ3) is 39.8. The molecular weight excluding hydrogens is 520 g/mol. The van der Waals surface area contributed by atoms with Crippen LogP contribution in [0.25, 0.3) is 0 Å². The van der Waals surface area contributed by atoms with E-state index in [1.807, 2.05) is 0 Å². The third-order valence-electron chi connectivity index (χ3n) is 9.05. The highest BCUT2D eigenvalue weighted by Crippen LogP contribution is 2.17. The van der Waals surface area contributed by atoms with Crippen LogP contribution in [0.15, 0.2) is 0 Å². The molecule has 0 saturated heterocycles. The molecule has 3 heteroatoms. The Kier molecular flexibility index (Phi) is 37.7. The van der Waals surface area contributed by atoms with Gasteiger partial charge in [0, 0.05) is 6.42 Å². The fraction of sp³-hybridized carbons (Fsp3) is 0.974. The zero-order chi connectivity index (χ0) is 29.7. The van der Waals surface area contributed by atoms with E-state index in [4.69, 9.17) is 5.11 Å². The Hall–Kier alpha value is -0.180. The Morgan fingerprint density at radius 2 is 0.439 bits per heavy atom. The molecule has 0 rings (SSSR count). The van der Waals surface area contributed by atoms with Crippen LogP contribution in [-0.2, 0) is 4.79 Å². The Bertz CT molecular complexity index is 481. The quantitative estimate of drug-likeness (QED) is 0.0553. The van der Waals surface area contributed by atoms with Crippen molar-refractivity contribution in [1.82, 2.24) is 0 Å². The Morgan fingerprint density at radius 1 is 0.293 bits per heavy atom. The second-order valence-corrected chi connectivity index (χ2v) is 13.7. The van der Waals surface area contributed by atoms with Crippen molar-refractivity contribution in [2.24, 2.45) is 0 Å². The van der Waals surface area contributed by atoms with Crippen molar-refractivity contribution in [3.8, 4) is 0 Å². The summed E-state index contributed by atoms with van der Waals surface area (Å²) >= 11 is 4.29. The fourth-order valence-electron chi connectivity index (χ4n) is 6.22. The molecule has 0 radical (unpaired) electrons. The molecule has 0 heterocycles. The summed E-state index contributed by atoms with van der Waals surface area (Å²) in [6.07, 6.45) is 49.6. The smallest absolute Gasteiger partial charge is 0.303 e. The van der Waals surface area contributed by atoms with E-state index in [1.54, 1.807) is 0 Å². The van der Waals surface area contributed by atoms with Crippen LogP contribution in [0.3, 0.4) is 0 Å². The molecule has 2 nitrogen and oxygen atoms in total. The van der Waals surface area contributed by atoms with Crippen molar-refractivity contribution < 1.29 is 9.90 Å². The Morgan fingerprint density at radius 3 is 0.585 bits per heavy atom. The van der Waals surface area contributed by atoms with Gasteiger partial charge < -0.3 is 5.11 Å². The Balaban J connectivity index is 3.03. The first-order chi connectivity index (χ1) is 20.3. The second kappa shape index (κ2) is 37.8. The van der Waals surface area contributed by atoms with Crippen LogP contribution in [0.4, 0.5) is 0 Å². The number of carbonyl (C=O) groups is 1. The van der Waals surface area contributed by atoms with Gasteiger partial charge in [0.25, 0.3) is 0 Å². The molecule has 0 atom stereocenters. The normalized spacial score (nSPS) is 11.4. The molecule has 0 aliphatic heterocycles. The van der Waals surface area contributed by atoms with Crippen molar-refractivity contribution >= 4 is 18.6 Å². The van der Waals surface area contributed by atoms with Crippen LogP contribution >= 0.6 is 12.6 Å². The SMILES string of the molecule is O=C(O)CCCCCCCCCCCCCCCCCCCCCCCCCCCCCCCCCCCCCS. The van der Waals surface area contributed by atoms with Crippen LogP contribution < -0.4 is 0 Å². The fourth-order valence-corrected chi connectivity index (χ4v) is 6.45. The molecule has 0 unspecified atom stereocenters. The molecule has 0 aromatic rings. The Labute approximate surface area is 264 Å². The maximum Gasteiger partial charge on any atom is 0.303 e. The van der Waals surface area contributed by atoms with Crippen LogP contribution in [0, 0.1) is 0 Å². The number of thiol groups is 1. The van der Waals surface area contributed by atoms with Crippen molar-refractivity contribution in [3.63, 3.8) is 0 Å². The molecule has 0 saturated carbocycles. The number of unbranched alkanes of at least 4 members (excludes halogenated alkanes) is 34. The summed E-state index contributed by atoms with van der Waals surface area (Å²) in [4.78, 5) is 10.5. The van der Waals surface area contributed by atoms with Gasteiger partial charge in [-0.1, -0.05) is 212 Å². The van der Waals surface area contributed by atoms with Gasteiger partial charge in [0.2, 0.25) is 0 Å². The molecule has 1 N–H and O–H groups in total. The predicted octanol–water partition coefficient (Wildman–Crippen LogP) is 14.0. The van der Waals surface area contributed by atoms with Crippen LogP contribution in [0.1, 0.15) is 231 Å². The standard InChI is InChI=1S/C38H76O2S/c39-38(40)36-34-32-30-28-26-24-22-20-18-16-14-12-10-8-6-4-2-1-3-5-7-9-11-13-15-17-19-21-23-25-27-29-31-33-35-37-41/h41H,1-37H2,(H,39,40). The van der Waals surface area contributed by atoms with E-state index in [-0.39, 0.29) is 0 Å². The first-order valence-corrected chi connectivity index (χ1v) is 19.7. The average Bonchev–Trinajstić information content (AvgIpc) is 2.97. The molecule has 0 aliphatic carbocycles. The number of hydrogen-bond acceptors (Lipinski definition) is 2. The van der Waals surface area contributed by atoms with E-state index in [0.29, 0.717) is 6.42 Å². The minimum absolute atomic E-state index is 0.346. The molecule has 246 valence electrons. The molecule has 0 bridgehead atoms. The number of rotatable bonds is 37. The highest BCUT2D eigenvalue weighted by atomic mass is 32.1. The van der Waals surface area contributed by atoms with Crippen molar-refractivity contribution in [2.45, 2.75) is 231 Å². The lowest BCUT2D eigenvalue weighted by molar-refractivity contribution is -0.137. The topological polar surface area (TPSA) is 37.3 Å². The van der Waals surface area contributed by atoms with E-state index in [1.165, 1.54) is 212 Å². The van der Waals surface area contributed by atoms with E-state index in [2.05, 4.69) is 12.6 Å². The number of carboxylic acids is 1. The largest absolute Gasteiger partial charge is 0.481 e. The molecule has 0 aromatic heterocycles. The van der Waals surface area contributed by atoms with Crippen LogP contribution in [0.5, 0.6) is 0 Å². The molecule has 41 heavy (non-hydrogen) atoms. The van der Waals surface area contributed by atoms with Crippen molar-refractivity contribution in [3.05, 3.63) is 0 Å². The lowest BCUT2D eigenvalue weighted by atomic mass is 10.0. The van der Waals surface area contributed by atoms with Gasteiger partial charge in [-0.05, 0) is 18.6 Å². The summed E-state index contributed by atoms with van der Waals surface area (Å²) in [7, 11) is 0. The summed E-state index contributed by atoms with van der Waals surface area (Å²) < 4.78 is 0. The molecule has 0 fully saturated rings. The van der Waals surface area contributed by atoms with Gasteiger partial charge in [-0.25, -0.2) is 0 Å². The highest BCUT2D eigenvalue weighted by molar-refractivity contribution is 7.80. The van der Waals surface area contributed by atoms with Crippen molar-refractivity contribution in [1.29, 1.82) is 0 Å². The van der Waals surface area contributed by atoms with Gasteiger partial charge in [0.1, 0.15) is 0 Å². The van der Waals surface area contributed by atoms with Gasteiger partial charge >= 0.3 is 5.97 Å². The van der Waals surface area contributed by atoms with E-state index >= 15 is 0 Å². The minimum atomic E-state index is -0.648. The van der Waals surface area contributed by atoms with Gasteiger partial charge in [-0.3, -0.25) is 4.79 Å². The highest BCUT2D eigenvalue weighted by Gasteiger charge is 1.98. The van der Waals surface area contributed by atoms with Gasteiger partial charge in [-0.15, -0.1) is 0 Å². The van der Waals surface area contributed by atoms with Gasteiger partial charge in [0.05, 0.1) is 0 Å². The van der Waals surface area contributed by atoms with E-state index < -0.39 is 5.97 Å². The van der Waals surface area contributed by atoms with E-state index in [9.17, 15) is 4.79 Å². The van der Waals surface area contributed by atoms with Gasteiger partial charge in [0.15, 0.2) is 0 Å². The summed E-state index contributed by atoms with van der Waals surface area (Å²) in [6, 6.07) is 0. The predicted molar refractivity (Wildman–Crippen MR) is 188 cm³/mol. The van der Waals surface area contributed by atoms with Crippen molar-refractivity contribution in [2.75, 3.05) is 5.75 Å². The van der Waals surface area contributed by atoms with Gasteiger partial charge in [-0.2, -0.15) is 12.6 Å². The minimum Gasteiger partial charge on any atom is -0.481 e. The molecule has 0 amide bonds. The number of aliphatic carboxylic acids is 1. The summed E-state index contributed by atoms with van der Waals surface area (Å²) in [5.41, 5.74) is 0. The lowest BCUT2D eigenvalue weighted by Gasteiger charge is -2.05. The second-order valence-electron chi connectivity index (χ2n) is 13.2. The summed E-state index contributed by atoms with van der Waals surface area (Å²) in [6.45, 7) is 0. The average molecular weight is 597 g/mol. The maximum atomic E-state index is 10.5. The molecule has 0 aliphatic rings. The zero-order valence-electron chi connectivity index (χ0n) is 28.0. The third-order valence-corrected chi connectivity index (χ3v) is 9.36. The first kappa shape index (κ1) is 40.8.